The molecule has 84 valence electrons. The lowest BCUT2D eigenvalue weighted by Crippen LogP contribution is -2.11. The van der Waals surface area contributed by atoms with Gasteiger partial charge in [-0.05, 0) is 20.8 Å². The van der Waals surface area contributed by atoms with Gasteiger partial charge in [0.15, 0.2) is 0 Å². The third-order valence-electron chi connectivity index (χ3n) is 2.21. The summed E-state index contributed by atoms with van der Waals surface area (Å²) in [5, 5.41) is 4.15. The summed E-state index contributed by atoms with van der Waals surface area (Å²) in [6.45, 7) is 5.67. The number of aromatic nitrogens is 4. The lowest BCUT2D eigenvalue weighted by Gasteiger charge is -2.05. The van der Waals surface area contributed by atoms with Gasteiger partial charge in [-0.1, -0.05) is 0 Å². The highest BCUT2D eigenvalue weighted by atomic mass is 16.5. The highest BCUT2D eigenvalue weighted by Gasteiger charge is 2.14. The molecule has 2 heterocycles. The van der Waals surface area contributed by atoms with E-state index in [0.717, 1.165) is 0 Å². The summed E-state index contributed by atoms with van der Waals surface area (Å²) in [6.07, 6.45) is 1.47. The number of nitrogens with zero attached hydrogens (tertiary/aromatic N) is 4. The molecule has 0 saturated carbocycles. The molecular formula is C10H12N4O2. The average molecular weight is 220 g/mol. The van der Waals surface area contributed by atoms with Crippen LogP contribution in [0.3, 0.4) is 0 Å². The van der Waals surface area contributed by atoms with Crippen molar-refractivity contribution in [2.75, 3.05) is 6.61 Å². The number of hydrogen-bond acceptors (Lipinski definition) is 5. The number of hydrogen-bond donors (Lipinski definition) is 0. The highest BCUT2D eigenvalue weighted by Crippen LogP contribution is 2.09. The second-order valence-electron chi connectivity index (χ2n) is 3.35. The van der Waals surface area contributed by atoms with Gasteiger partial charge in [0.1, 0.15) is 5.82 Å². The Morgan fingerprint density at radius 3 is 2.94 bits per heavy atom. The molecule has 0 aliphatic rings. The van der Waals surface area contributed by atoms with E-state index in [4.69, 9.17) is 4.74 Å². The topological polar surface area (TPSA) is 69.4 Å². The van der Waals surface area contributed by atoms with E-state index in [-0.39, 0.29) is 5.97 Å². The van der Waals surface area contributed by atoms with Crippen LogP contribution in [-0.4, -0.2) is 32.2 Å². The first-order valence-corrected chi connectivity index (χ1v) is 4.99. The molecule has 16 heavy (non-hydrogen) atoms. The molecule has 6 nitrogen and oxygen atoms in total. The maximum Gasteiger partial charge on any atom is 0.341 e. The molecule has 0 aromatic carbocycles. The quantitative estimate of drug-likeness (QED) is 0.704. The Morgan fingerprint density at radius 1 is 1.50 bits per heavy atom. The van der Waals surface area contributed by atoms with Crippen LogP contribution >= 0.6 is 0 Å². The summed E-state index contributed by atoms with van der Waals surface area (Å²) < 4.78 is 6.47. The third-order valence-corrected chi connectivity index (χ3v) is 2.21. The fourth-order valence-electron chi connectivity index (χ4n) is 1.45. The molecule has 2 aromatic rings. The summed E-state index contributed by atoms with van der Waals surface area (Å²) in [4.78, 5) is 19.8. The van der Waals surface area contributed by atoms with Crippen molar-refractivity contribution >= 4 is 11.7 Å². The van der Waals surface area contributed by atoms with Crippen molar-refractivity contribution in [2.24, 2.45) is 0 Å². The van der Waals surface area contributed by atoms with E-state index in [9.17, 15) is 4.79 Å². The summed E-state index contributed by atoms with van der Waals surface area (Å²) >= 11 is 0. The molecule has 2 aromatic heterocycles. The van der Waals surface area contributed by atoms with Crippen LogP contribution in [0.5, 0.6) is 0 Å². The van der Waals surface area contributed by atoms with Crippen LogP contribution in [0.4, 0.5) is 0 Å². The molecule has 0 aliphatic heterocycles. The van der Waals surface area contributed by atoms with Gasteiger partial charge in [-0.25, -0.2) is 14.3 Å². The molecule has 0 unspecified atom stereocenters. The Hall–Kier alpha value is -1.98. The van der Waals surface area contributed by atoms with E-state index in [2.05, 4.69) is 15.1 Å². The van der Waals surface area contributed by atoms with Gasteiger partial charge in [-0.2, -0.15) is 10.1 Å². The Kier molecular flexibility index (Phi) is 2.55. The lowest BCUT2D eigenvalue weighted by molar-refractivity contribution is 0.0524. The van der Waals surface area contributed by atoms with Crippen LogP contribution in [0.15, 0.2) is 6.20 Å². The number of carbonyl (C=O) groups excluding carboxylic acids is 1. The zero-order chi connectivity index (χ0) is 11.7. The van der Waals surface area contributed by atoms with Crippen LogP contribution in [-0.2, 0) is 4.74 Å². The molecule has 0 atom stereocenters. The van der Waals surface area contributed by atoms with Crippen LogP contribution in [0.25, 0.3) is 5.78 Å². The van der Waals surface area contributed by atoms with Gasteiger partial charge in [0.25, 0.3) is 5.78 Å². The zero-order valence-electron chi connectivity index (χ0n) is 9.39. The Labute approximate surface area is 92.3 Å². The fourth-order valence-corrected chi connectivity index (χ4v) is 1.45. The van der Waals surface area contributed by atoms with Crippen LogP contribution < -0.4 is 0 Å². The highest BCUT2D eigenvalue weighted by molar-refractivity contribution is 5.90. The van der Waals surface area contributed by atoms with Crippen molar-refractivity contribution in [3.05, 3.63) is 23.3 Å². The Bertz CT molecular complexity index is 547. The van der Waals surface area contributed by atoms with Crippen molar-refractivity contribution in [1.82, 2.24) is 19.6 Å². The molecule has 0 radical (unpaired) electrons. The van der Waals surface area contributed by atoms with Gasteiger partial charge in [0, 0.05) is 6.20 Å². The molecule has 0 fully saturated rings. The van der Waals surface area contributed by atoms with E-state index in [0.29, 0.717) is 29.5 Å². The minimum Gasteiger partial charge on any atom is -0.462 e. The molecule has 2 rings (SSSR count). The fraction of sp³-hybridized carbons (Fsp3) is 0.400. The lowest BCUT2D eigenvalue weighted by atomic mass is 10.2. The summed E-state index contributed by atoms with van der Waals surface area (Å²) in [5.74, 6) is 0.724. The van der Waals surface area contributed by atoms with Crippen molar-refractivity contribution in [1.29, 1.82) is 0 Å². The van der Waals surface area contributed by atoms with E-state index in [1.807, 2.05) is 0 Å². The van der Waals surface area contributed by atoms with Crippen LogP contribution in [0.1, 0.15) is 28.8 Å². The SMILES string of the molecule is CCOC(=O)c1cnc2nc(C)nn2c1C. The predicted octanol–water partition coefficient (Wildman–Crippen LogP) is 0.918. The van der Waals surface area contributed by atoms with Gasteiger partial charge >= 0.3 is 5.97 Å². The molecule has 0 bridgehead atoms. The standard InChI is InChI=1S/C10H12N4O2/c1-4-16-9(15)8-5-11-10-12-7(3)13-14(10)6(8)2/h5H,4H2,1-3H3. The Balaban J connectivity index is 2.55. The van der Waals surface area contributed by atoms with Crippen molar-refractivity contribution < 1.29 is 9.53 Å². The molecule has 0 saturated heterocycles. The van der Waals surface area contributed by atoms with E-state index < -0.39 is 0 Å². The Morgan fingerprint density at radius 2 is 2.25 bits per heavy atom. The maximum absolute atomic E-state index is 11.6. The normalized spacial score (nSPS) is 10.7. The van der Waals surface area contributed by atoms with Crippen molar-refractivity contribution in [3.63, 3.8) is 0 Å². The van der Waals surface area contributed by atoms with Gasteiger partial charge in [0.2, 0.25) is 0 Å². The summed E-state index contributed by atoms with van der Waals surface area (Å²) in [7, 11) is 0. The van der Waals surface area contributed by atoms with Crippen molar-refractivity contribution in [3.8, 4) is 0 Å². The molecule has 0 N–H and O–H groups in total. The number of aryl methyl sites for hydroxylation is 2. The van der Waals surface area contributed by atoms with Crippen LogP contribution in [0.2, 0.25) is 0 Å². The second kappa shape index (κ2) is 3.88. The monoisotopic (exact) mass is 220 g/mol. The molecular weight excluding hydrogens is 208 g/mol. The molecule has 0 spiro atoms. The zero-order valence-corrected chi connectivity index (χ0v) is 9.39. The number of rotatable bonds is 2. The largest absolute Gasteiger partial charge is 0.462 e. The maximum atomic E-state index is 11.6. The smallest absolute Gasteiger partial charge is 0.341 e. The minimum atomic E-state index is -0.387. The third kappa shape index (κ3) is 1.62. The van der Waals surface area contributed by atoms with Gasteiger partial charge in [0.05, 0.1) is 17.9 Å². The van der Waals surface area contributed by atoms with Gasteiger partial charge in [-0.3, -0.25) is 0 Å². The van der Waals surface area contributed by atoms with Crippen molar-refractivity contribution in [2.45, 2.75) is 20.8 Å². The number of esters is 1. The van der Waals surface area contributed by atoms with Gasteiger partial charge in [-0.15, -0.1) is 0 Å². The molecule has 0 amide bonds. The average Bonchev–Trinajstić information content (AvgIpc) is 2.60. The predicted molar refractivity (Wildman–Crippen MR) is 56.2 cm³/mol. The minimum absolute atomic E-state index is 0.340. The first kappa shape index (κ1) is 10.5. The molecule has 6 heteroatoms. The second-order valence-corrected chi connectivity index (χ2v) is 3.35. The number of ether oxygens (including phenoxy) is 1. The summed E-state index contributed by atoms with van der Waals surface area (Å²) in [5.41, 5.74) is 1.10. The van der Waals surface area contributed by atoms with E-state index in [1.54, 1.807) is 25.3 Å². The van der Waals surface area contributed by atoms with Gasteiger partial charge < -0.3 is 4.74 Å². The number of fused-ring (bicyclic) bond motifs is 1. The van der Waals surface area contributed by atoms with E-state index >= 15 is 0 Å². The summed E-state index contributed by atoms with van der Waals surface area (Å²) in [6, 6.07) is 0. The first-order valence-electron chi connectivity index (χ1n) is 4.99. The molecule has 0 aliphatic carbocycles. The van der Waals surface area contributed by atoms with Crippen LogP contribution in [0, 0.1) is 13.8 Å². The number of carbonyl (C=O) groups is 1. The van der Waals surface area contributed by atoms with E-state index in [1.165, 1.54) is 6.20 Å². The first-order chi connectivity index (χ1) is 7.63.